The van der Waals surface area contributed by atoms with E-state index in [0.29, 0.717) is 0 Å². The first-order valence-electron chi connectivity index (χ1n) is 5.24. The first kappa shape index (κ1) is 12.8. The average molecular weight is 230 g/mol. The van der Waals surface area contributed by atoms with E-state index in [9.17, 15) is 18.8 Å². The molecule has 0 radical (unpaired) electrons. The summed E-state index contributed by atoms with van der Waals surface area (Å²) < 4.78 is 18.1. The van der Waals surface area contributed by atoms with Crippen molar-refractivity contribution >= 4 is 17.5 Å². The van der Waals surface area contributed by atoms with Gasteiger partial charge in [-0.15, -0.1) is 0 Å². The topological polar surface area (TPSA) is 60.4 Å². The maximum Gasteiger partial charge on any atom is 0.319 e. The molecule has 0 N–H and O–H groups in total. The third kappa shape index (κ3) is 1.86. The molecule has 1 fully saturated rings. The average Bonchev–Trinajstić information content (AvgIpc) is 2.24. The van der Waals surface area contributed by atoms with Crippen LogP contribution in [0.4, 0.5) is 4.39 Å². The summed E-state index contributed by atoms with van der Waals surface area (Å²) in [5.74, 6) is -3.11. The predicted octanol–water partition coefficient (Wildman–Crippen LogP) is 1.07. The van der Waals surface area contributed by atoms with E-state index in [1.54, 1.807) is 6.92 Å². The van der Waals surface area contributed by atoms with Crippen LogP contribution in [0.3, 0.4) is 0 Å². The van der Waals surface area contributed by atoms with Gasteiger partial charge in [0.05, 0.1) is 12.5 Å². The first-order chi connectivity index (χ1) is 7.34. The van der Waals surface area contributed by atoms with Gasteiger partial charge in [0.25, 0.3) is 0 Å². The van der Waals surface area contributed by atoms with Crippen molar-refractivity contribution in [1.29, 1.82) is 0 Å². The number of carbonyl (C=O) groups is 3. The number of hydrogen-bond acceptors (Lipinski definition) is 4. The number of alkyl halides is 1. The SMILES string of the molecule is CCOC(=O)C1(C)CC(F)C(=O)C(C)C1=O. The Morgan fingerprint density at radius 3 is 2.62 bits per heavy atom. The van der Waals surface area contributed by atoms with Crippen molar-refractivity contribution in [3.8, 4) is 0 Å². The van der Waals surface area contributed by atoms with E-state index in [1.165, 1.54) is 13.8 Å². The van der Waals surface area contributed by atoms with Gasteiger partial charge in [-0.25, -0.2) is 4.39 Å². The van der Waals surface area contributed by atoms with Gasteiger partial charge in [-0.1, -0.05) is 0 Å². The van der Waals surface area contributed by atoms with Gasteiger partial charge in [-0.3, -0.25) is 14.4 Å². The first-order valence-corrected chi connectivity index (χ1v) is 5.24. The Hall–Kier alpha value is -1.26. The van der Waals surface area contributed by atoms with E-state index in [-0.39, 0.29) is 6.61 Å². The van der Waals surface area contributed by atoms with Crippen molar-refractivity contribution in [2.75, 3.05) is 6.61 Å². The summed E-state index contributed by atoms with van der Waals surface area (Å²) in [4.78, 5) is 34.7. The summed E-state index contributed by atoms with van der Waals surface area (Å²) in [6.45, 7) is 4.40. The number of esters is 1. The van der Waals surface area contributed by atoms with Crippen LogP contribution in [0.25, 0.3) is 0 Å². The predicted molar refractivity (Wildman–Crippen MR) is 53.4 cm³/mol. The number of ketones is 2. The molecular weight excluding hydrogens is 215 g/mol. The monoisotopic (exact) mass is 230 g/mol. The second-order valence-electron chi connectivity index (χ2n) is 4.21. The van der Waals surface area contributed by atoms with Gasteiger partial charge in [-0.05, 0) is 20.8 Å². The maximum absolute atomic E-state index is 13.4. The highest BCUT2D eigenvalue weighted by molar-refractivity contribution is 6.16. The lowest BCUT2D eigenvalue weighted by Gasteiger charge is -2.33. The van der Waals surface area contributed by atoms with Crippen molar-refractivity contribution in [2.24, 2.45) is 11.3 Å². The van der Waals surface area contributed by atoms with Crippen molar-refractivity contribution < 1.29 is 23.5 Å². The third-order valence-electron chi connectivity index (χ3n) is 2.99. The molecule has 0 aromatic rings. The lowest BCUT2D eigenvalue weighted by molar-refractivity contribution is -0.166. The minimum absolute atomic E-state index is 0.126. The van der Waals surface area contributed by atoms with Crippen LogP contribution in [0.5, 0.6) is 0 Å². The van der Waals surface area contributed by atoms with Gasteiger partial charge < -0.3 is 4.74 Å². The van der Waals surface area contributed by atoms with Gasteiger partial charge >= 0.3 is 5.97 Å². The van der Waals surface area contributed by atoms with Crippen LogP contribution in [0.2, 0.25) is 0 Å². The van der Waals surface area contributed by atoms with Crippen molar-refractivity contribution in [3.05, 3.63) is 0 Å². The highest BCUT2D eigenvalue weighted by Gasteiger charge is 2.53. The molecule has 0 aliphatic heterocycles. The third-order valence-corrected chi connectivity index (χ3v) is 2.99. The van der Waals surface area contributed by atoms with Gasteiger partial charge in [0.2, 0.25) is 0 Å². The Kier molecular flexibility index (Phi) is 3.45. The largest absolute Gasteiger partial charge is 0.465 e. The molecule has 0 amide bonds. The molecule has 1 aliphatic rings. The quantitative estimate of drug-likeness (QED) is 0.526. The highest BCUT2D eigenvalue weighted by Crippen LogP contribution is 2.36. The zero-order valence-corrected chi connectivity index (χ0v) is 9.58. The van der Waals surface area contributed by atoms with Crippen molar-refractivity contribution in [2.45, 2.75) is 33.4 Å². The molecule has 0 saturated heterocycles. The van der Waals surface area contributed by atoms with E-state index in [2.05, 4.69) is 0 Å². The maximum atomic E-state index is 13.4. The number of ether oxygens (including phenoxy) is 1. The summed E-state index contributed by atoms with van der Waals surface area (Å²) in [6, 6.07) is 0. The van der Waals surface area contributed by atoms with Gasteiger partial charge in [0, 0.05) is 6.42 Å². The summed E-state index contributed by atoms with van der Waals surface area (Å²) in [5, 5.41) is 0. The summed E-state index contributed by atoms with van der Waals surface area (Å²) in [5.41, 5.74) is -1.53. The molecule has 5 heteroatoms. The lowest BCUT2D eigenvalue weighted by Crippen LogP contribution is -2.51. The van der Waals surface area contributed by atoms with Crippen LogP contribution in [0.1, 0.15) is 27.2 Å². The smallest absolute Gasteiger partial charge is 0.319 e. The fraction of sp³-hybridized carbons (Fsp3) is 0.727. The molecule has 3 unspecified atom stereocenters. The highest BCUT2D eigenvalue weighted by atomic mass is 19.1. The Bertz CT molecular complexity index is 339. The molecule has 0 bridgehead atoms. The summed E-state index contributed by atoms with van der Waals surface area (Å²) in [7, 11) is 0. The van der Waals surface area contributed by atoms with Gasteiger partial charge in [-0.2, -0.15) is 0 Å². The second-order valence-corrected chi connectivity index (χ2v) is 4.21. The van der Waals surface area contributed by atoms with Crippen LogP contribution in [0, 0.1) is 11.3 Å². The van der Waals surface area contributed by atoms with Crippen LogP contribution in [-0.4, -0.2) is 30.3 Å². The number of hydrogen-bond donors (Lipinski definition) is 0. The number of rotatable bonds is 2. The molecular formula is C11H15FO4. The Morgan fingerprint density at radius 2 is 2.12 bits per heavy atom. The zero-order valence-electron chi connectivity index (χ0n) is 9.58. The van der Waals surface area contributed by atoms with E-state index in [0.717, 1.165) is 0 Å². The standard InChI is InChI=1S/C11H15FO4/c1-4-16-10(15)11(3)5-7(12)8(13)6(2)9(11)14/h6-7H,4-5H2,1-3H3. The minimum Gasteiger partial charge on any atom is -0.465 e. The number of carbonyl (C=O) groups excluding carboxylic acids is 3. The Labute approximate surface area is 93.1 Å². The normalized spacial score (nSPS) is 35.0. The number of Topliss-reactive ketones (excluding diaryl/α,β-unsaturated/α-hetero) is 2. The molecule has 90 valence electrons. The molecule has 1 saturated carbocycles. The van der Waals surface area contributed by atoms with Gasteiger partial charge in [0.1, 0.15) is 5.41 Å². The molecule has 1 aliphatic carbocycles. The molecule has 16 heavy (non-hydrogen) atoms. The van der Waals surface area contributed by atoms with E-state index < -0.39 is 41.5 Å². The Balaban J connectivity index is 3.00. The molecule has 4 nitrogen and oxygen atoms in total. The van der Waals surface area contributed by atoms with Crippen LogP contribution >= 0.6 is 0 Å². The minimum atomic E-state index is -1.76. The van der Waals surface area contributed by atoms with Crippen molar-refractivity contribution in [1.82, 2.24) is 0 Å². The number of halogens is 1. The molecule has 0 aromatic carbocycles. The van der Waals surface area contributed by atoms with Crippen LogP contribution in [-0.2, 0) is 19.1 Å². The van der Waals surface area contributed by atoms with Crippen LogP contribution < -0.4 is 0 Å². The zero-order chi connectivity index (χ0) is 12.5. The molecule has 1 rings (SSSR count). The molecule has 0 aromatic heterocycles. The van der Waals surface area contributed by atoms with E-state index in [4.69, 9.17) is 4.74 Å². The van der Waals surface area contributed by atoms with Crippen molar-refractivity contribution in [3.63, 3.8) is 0 Å². The molecule has 0 spiro atoms. The van der Waals surface area contributed by atoms with E-state index >= 15 is 0 Å². The summed E-state index contributed by atoms with van der Waals surface area (Å²) in [6.07, 6.45) is -2.17. The summed E-state index contributed by atoms with van der Waals surface area (Å²) >= 11 is 0. The van der Waals surface area contributed by atoms with Crippen LogP contribution in [0.15, 0.2) is 0 Å². The fourth-order valence-electron chi connectivity index (χ4n) is 1.91. The fourth-order valence-corrected chi connectivity index (χ4v) is 1.91. The molecule has 3 atom stereocenters. The lowest BCUT2D eigenvalue weighted by atomic mass is 9.69. The second kappa shape index (κ2) is 4.31. The Morgan fingerprint density at radius 1 is 1.56 bits per heavy atom. The van der Waals surface area contributed by atoms with Gasteiger partial charge in [0.15, 0.2) is 17.7 Å². The molecule has 0 heterocycles. The van der Waals surface area contributed by atoms with E-state index in [1.807, 2.05) is 0 Å².